The van der Waals surface area contributed by atoms with Crippen LogP contribution in [0.15, 0.2) is 71.8 Å². The highest BCUT2D eigenvalue weighted by molar-refractivity contribution is 5.94. The van der Waals surface area contributed by atoms with Gasteiger partial charge in [0.25, 0.3) is 5.91 Å². The second-order valence-corrected chi connectivity index (χ2v) is 6.40. The molecule has 1 amide bonds. The second-order valence-electron chi connectivity index (χ2n) is 6.40. The molecule has 0 bridgehead atoms. The zero-order chi connectivity index (χ0) is 18.6. The molecule has 136 valence electrons. The molecular formula is C22H20N2O3. The van der Waals surface area contributed by atoms with E-state index in [1.54, 1.807) is 12.1 Å². The standard InChI is InChI=1S/C22H20N2O3/c1-2-13-26-18-10-6-9-17(14-18)22(25)24-12-11-20-19(15-24)21(23-27-20)16-7-4-3-5-8-16/h2-10,14H,1,11-13,15H2. The largest absolute Gasteiger partial charge is 0.490 e. The molecule has 2 aromatic carbocycles. The lowest BCUT2D eigenvalue weighted by Gasteiger charge is -2.26. The number of fused-ring (bicyclic) bond motifs is 1. The van der Waals surface area contributed by atoms with Gasteiger partial charge in [0.05, 0.1) is 6.54 Å². The summed E-state index contributed by atoms with van der Waals surface area (Å²) in [6.07, 6.45) is 2.34. The third-order valence-electron chi connectivity index (χ3n) is 4.61. The summed E-state index contributed by atoms with van der Waals surface area (Å²) in [5.41, 5.74) is 3.40. The summed E-state index contributed by atoms with van der Waals surface area (Å²) in [4.78, 5) is 14.8. The van der Waals surface area contributed by atoms with E-state index in [0.717, 1.165) is 22.6 Å². The van der Waals surface area contributed by atoms with Gasteiger partial charge in [-0.2, -0.15) is 0 Å². The fourth-order valence-electron chi connectivity index (χ4n) is 3.26. The molecule has 1 aliphatic heterocycles. The van der Waals surface area contributed by atoms with E-state index in [2.05, 4.69) is 11.7 Å². The van der Waals surface area contributed by atoms with Gasteiger partial charge >= 0.3 is 0 Å². The monoisotopic (exact) mass is 360 g/mol. The molecule has 0 fully saturated rings. The highest BCUT2D eigenvalue weighted by Gasteiger charge is 2.28. The van der Waals surface area contributed by atoms with Crippen LogP contribution < -0.4 is 4.74 Å². The first-order valence-corrected chi connectivity index (χ1v) is 8.92. The summed E-state index contributed by atoms with van der Waals surface area (Å²) in [7, 11) is 0. The van der Waals surface area contributed by atoms with E-state index < -0.39 is 0 Å². The Balaban J connectivity index is 1.57. The van der Waals surface area contributed by atoms with Gasteiger partial charge in [-0.25, -0.2) is 0 Å². The van der Waals surface area contributed by atoms with E-state index in [1.165, 1.54) is 0 Å². The maximum atomic E-state index is 13.0. The normalized spacial score (nSPS) is 13.1. The van der Waals surface area contributed by atoms with Gasteiger partial charge in [-0.1, -0.05) is 54.2 Å². The average molecular weight is 360 g/mol. The molecule has 27 heavy (non-hydrogen) atoms. The number of aromatic nitrogens is 1. The molecule has 1 aliphatic rings. The number of carbonyl (C=O) groups is 1. The predicted octanol–water partition coefficient (Wildman–Crippen LogP) is 4.10. The minimum Gasteiger partial charge on any atom is -0.490 e. The van der Waals surface area contributed by atoms with Crippen molar-refractivity contribution in [1.82, 2.24) is 10.1 Å². The zero-order valence-corrected chi connectivity index (χ0v) is 14.9. The molecule has 5 nitrogen and oxygen atoms in total. The van der Waals surface area contributed by atoms with Crippen LogP contribution in [0, 0.1) is 0 Å². The van der Waals surface area contributed by atoms with Crippen molar-refractivity contribution in [3.63, 3.8) is 0 Å². The van der Waals surface area contributed by atoms with Crippen LogP contribution in [0.4, 0.5) is 0 Å². The van der Waals surface area contributed by atoms with E-state index >= 15 is 0 Å². The molecule has 3 aromatic rings. The van der Waals surface area contributed by atoms with Crippen LogP contribution in [0.2, 0.25) is 0 Å². The minimum absolute atomic E-state index is 0.0232. The molecule has 0 aliphatic carbocycles. The Morgan fingerprint density at radius 3 is 2.89 bits per heavy atom. The van der Waals surface area contributed by atoms with Gasteiger partial charge in [-0.3, -0.25) is 4.79 Å². The van der Waals surface area contributed by atoms with Crippen molar-refractivity contribution in [2.45, 2.75) is 13.0 Å². The molecule has 5 heteroatoms. The number of amides is 1. The quantitative estimate of drug-likeness (QED) is 0.643. The Bertz CT molecular complexity index is 963. The summed E-state index contributed by atoms with van der Waals surface area (Å²) in [5, 5.41) is 4.24. The number of ether oxygens (including phenoxy) is 1. The van der Waals surface area contributed by atoms with E-state index in [0.29, 0.717) is 37.4 Å². The van der Waals surface area contributed by atoms with Crippen molar-refractivity contribution < 1.29 is 14.1 Å². The van der Waals surface area contributed by atoms with Crippen molar-refractivity contribution in [3.8, 4) is 17.0 Å². The highest BCUT2D eigenvalue weighted by atomic mass is 16.5. The molecule has 0 spiro atoms. The lowest BCUT2D eigenvalue weighted by Crippen LogP contribution is -2.35. The summed E-state index contributed by atoms with van der Waals surface area (Å²) in [6, 6.07) is 17.1. The maximum Gasteiger partial charge on any atom is 0.254 e. The Morgan fingerprint density at radius 1 is 1.22 bits per heavy atom. The average Bonchev–Trinajstić information content (AvgIpc) is 3.16. The molecule has 4 rings (SSSR count). The highest BCUT2D eigenvalue weighted by Crippen LogP contribution is 2.30. The molecule has 0 saturated carbocycles. The lowest BCUT2D eigenvalue weighted by molar-refractivity contribution is 0.0728. The smallest absolute Gasteiger partial charge is 0.254 e. The number of hydrogen-bond donors (Lipinski definition) is 0. The van der Waals surface area contributed by atoms with Crippen LogP contribution in [-0.4, -0.2) is 29.1 Å². The van der Waals surface area contributed by atoms with Gasteiger partial charge in [-0.05, 0) is 18.2 Å². The predicted molar refractivity (Wildman–Crippen MR) is 103 cm³/mol. The first kappa shape index (κ1) is 17.1. The zero-order valence-electron chi connectivity index (χ0n) is 14.9. The molecule has 0 unspecified atom stereocenters. The van der Waals surface area contributed by atoms with Gasteiger partial charge in [0.1, 0.15) is 23.8 Å². The molecule has 2 heterocycles. The Morgan fingerprint density at radius 2 is 2.07 bits per heavy atom. The summed E-state index contributed by atoms with van der Waals surface area (Å²) < 4.78 is 11.1. The van der Waals surface area contributed by atoms with E-state index in [1.807, 2.05) is 53.4 Å². The SMILES string of the molecule is C=CCOc1cccc(C(=O)N2CCc3onc(-c4ccccc4)c3C2)c1. The van der Waals surface area contributed by atoms with Crippen LogP contribution >= 0.6 is 0 Å². The molecule has 0 atom stereocenters. The van der Waals surface area contributed by atoms with Crippen LogP contribution in [0.25, 0.3) is 11.3 Å². The van der Waals surface area contributed by atoms with Crippen LogP contribution in [0.5, 0.6) is 5.75 Å². The summed E-state index contributed by atoms with van der Waals surface area (Å²) in [6.45, 7) is 5.14. The Labute approximate surface area is 157 Å². The van der Waals surface area contributed by atoms with Crippen molar-refractivity contribution in [2.75, 3.05) is 13.2 Å². The third kappa shape index (κ3) is 3.49. The fourth-order valence-corrected chi connectivity index (χ4v) is 3.26. The van der Waals surface area contributed by atoms with Gasteiger partial charge in [-0.15, -0.1) is 0 Å². The van der Waals surface area contributed by atoms with Crippen LogP contribution in [-0.2, 0) is 13.0 Å². The Hall–Kier alpha value is -3.34. The lowest BCUT2D eigenvalue weighted by atomic mass is 10.0. The third-order valence-corrected chi connectivity index (χ3v) is 4.61. The van der Waals surface area contributed by atoms with Gasteiger partial charge in [0, 0.05) is 29.7 Å². The van der Waals surface area contributed by atoms with E-state index in [9.17, 15) is 4.79 Å². The number of rotatable bonds is 5. The van der Waals surface area contributed by atoms with Gasteiger partial charge < -0.3 is 14.2 Å². The van der Waals surface area contributed by atoms with E-state index in [-0.39, 0.29) is 5.91 Å². The van der Waals surface area contributed by atoms with Crippen molar-refractivity contribution in [3.05, 3.63) is 84.1 Å². The molecule has 0 N–H and O–H groups in total. The molecule has 1 aromatic heterocycles. The second kappa shape index (κ2) is 7.50. The minimum atomic E-state index is -0.0232. The topological polar surface area (TPSA) is 55.6 Å². The van der Waals surface area contributed by atoms with Crippen molar-refractivity contribution in [2.24, 2.45) is 0 Å². The maximum absolute atomic E-state index is 13.0. The summed E-state index contributed by atoms with van der Waals surface area (Å²) in [5.74, 6) is 1.50. The number of hydrogen-bond acceptors (Lipinski definition) is 4. The number of carbonyl (C=O) groups excluding carboxylic acids is 1. The molecular weight excluding hydrogens is 340 g/mol. The first-order valence-electron chi connectivity index (χ1n) is 8.92. The number of nitrogens with zero attached hydrogens (tertiary/aromatic N) is 2. The van der Waals surface area contributed by atoms with Crippen LogP contribution in [0.3, 0.4) is 0 Å². The van der Waals surface area contributed by atoms with Crippen molar-refractivity contribution in [1.29, 1.82) is 0 Å². The van der Waals surface area contributed by atoms with Gasteiger partial charge in [0.15, 0.2) is 0 Å². The van der Waals surface area contributed by atoms with Crippen LogP contribution in [0.1, 0.15) is 21.7 Å². The fraction of sp³-hybridized carbons (Fsp3) is 0.182. The van der Waals surface area contributed by atoms with Crippen molar-refractivity contribution >= 4 is 5.91 Å². The summed E-state index contributed by atoms with van der Waals surface area (Å²) >= 11 is 0. The van der Waals surface area contributed by atoms with E-state index in [4.69, 9.17) is 9.26 Å². The number of benzene rings is 2. The molecule has 0 saturated heterocycles. The first-order chi connectivity index (χ1) is 13.3. The Kier molecular flexibility index (Phi) is 4.75. The van der Waals surface area contributed by atoms with Gasteiger partial charge in [0.2, 0.25) is 0 Å². The molecule has 0 radical (unpaired) electrons.